The summed E-state index contributed by atoms with van der Waals surface area (Å²) >= 11 is 0. The molecule has 0 aromatic heterocycles. The number of nitrogens with two attached hydrogens (primary N) is 1. The van der Waals surface area contributed by atoms with Crippen molar-refractivity contribution in [2.24, 2.45) is 5.14 Å². The van der Waals surface area contributed by atoms with Crippen LogP contribution < -0.4 is 19.9 Å². The van der Waals surface area contributed by atoms with Gasteiger partial charge in [0.1, 0.15) is 13.2 Å². The van der Waals surface area contributed by atoms with Crippen LogP contribution in [-0.4, -0.2) is 40.1 Å². The number of sulfonamides is 1. The number of hydrogen-bond donors (Lipinski definition) is 2. The van der Waals surface area contributed by atoms with Gasteiger partial charge in [0.05, 0.1) is 16.5 Å². The largest absolute Gasteiger partial charge is 0.486 e. The van der Waals surface area contributed by atoms with Crippen LogP contribution in [0.4, 0.5) is 0 Å². The van der Waals surface area contributed by atoms with Crippen molar-refractivity contribution in [3.05, 3.63) is 53.1 Å². The molecule has 0 aliphatic carbocycles. The zero-order chi connectivity index (χ0) is 21.9. The maximum atomic E-state index is 12.2. The number of esters is 1. The molecule has 0 radical (unpaired) electrons. The van der Waals surface area contributed by atoms with Crippen molar-refractivity contribution in [2.75, 3.05) is 19.8 Å². The summed E-state index contributed by atoms with van der Waals surface area (Å²) in [5.41, 5.74) is 1.19. The Morgan fingerprint density at radius 1 is 1.13 bits per heavy atom. The van der Waals surface area contributed by atoms with Gasteiger partial charge < -0.3 is 19.5 Å². The number of benzene rings is 2. The molecule has 30 heavy (non-hydrogen) atoms. The third kappa shape index (κ3) is 5.08. The summed E-state index contributed by atoms with van der Waals surface area (Å²) in [5, 5.41) is 7.87. The molecule has 0 unspecified atom stereocenters. The zero-order valence-corrected chi connectivity index (χ0v) is 17.3. The predicted octanol–water partition coefficient (Wildman–Crippen LogP) is 1.45. The fourth-order valence-electron chi connectivity index (χ4n) is 2.94. The van der Waals surface area contributed by atoms with Gasteiger partial charge in [0.2, 0.25) is 10.0 Å². The fraction of sp³-hybridized carbons (Fsp3) is 0.300. The van der Waals surface area contributed by atoms with Crippen molar-refractivity contribution in [2.45, 2.75) is 24.8 Å². The SMILES string of the molecule is Cc1ccc(C(=O)OCC(=O)N[C@@H](C)c2ccc3c(c2)OCCO3)cc1S(N)(=O)=O. The van der Waals surface area contributed by atoms with Crippen LogP contribution in [0.3, 0.4) is 0 Å². The summed E-state index contributed by atoms with van der Waals surface area (Å²) < 4.78 is 39.2. The number of amides is 1. The van der Waals surface area contributed by atoms with Crippen LogP contribution >= 0.6 is 0 Å². The molecule has 10 heteroatoms. The standard InChI is InChI=1S/C20H22N2O7S/c1-12-3-4-15(10-18(12)30(21,25)26)20(24)29-11-19(23)22-13(2)14-5-6-16-17(9-14)28-8-7-27-16/h3-6,9-10,13H,7-8,11H2,1-2H3,(H,22,23)(H2,21,25,26)/t13-/m0/s1. The molecular formula is C20H22N2O7S. The van der Waals surface area contributed by atoms with Gasteiger partial charge in [-0.05, 0) is 49.2 Å². The third-order valence-corrected chi connectivity index (χ3v) is 5.56. The molecule has 9 nitrogen and oxygen atoms in total. The highest BCUT2D eigenvalue weighted by Gasteiger charge is 2.19. The van der Waals surface area contributed by atoms with Crippen molar-refractivity contribution in [1.29, 1.82) is 0 Å². The first-order valence-electron chi connectivity index (χ1n) is 9.14. The Kier molecular flexibility index (Phi) is 6.28. The molecule has 3 N–H and O–H groups in total. The van der Waals surface area contributed by atoms with E-state index in [4.69, 9.17) is 19.3 Å². The van der Waals surface area contributed by atoms with E-state index in [1.165, 1.54) is 12.1 Å². The molecule has 3 rings (SSSR count). The fourth-order valence-corrected chi connectivity index (χ4v) is 3.75. The highest BCUT2D eigenvalue weighted by Crippen LogP contribution is 2.32. The first-order chi connectivity index (χ1) is 14.1. The van der Waals surface area contributed by atoms with Crippen molar-refractivity contribution in [3.63, 3.8) is 0 Å². The Morgan fingerprint density at radius 3 is 2.53 bits per heavy atom. The summed E-state index contributed by atoms with van der Waals surface area (Å²) in [6, 6.07) is 8.98. The minimum Gasteiger partial charge on any atom is -0.486 e. The van der Waals surface area contributed by atoms with Gasteiger partial charge in [-0.3, -0.25) is 4.79 Å². The summed E-state index contributed by atoms with van der Waals surface area (Å²) in [6.07, 6.45) is 0. The van der Waals surface area contributed by atoms with E-state index >= 15 is 0 Å². The van der Waals surface area contributed by atoms with E-state index in [1.807, 2.05) is 6.07 Å². The number of hydrogen-bond acceptors (Lipinski definition) is 7. The molecule has 1 aliphatic rings. The number of ether oxygens (including phenoxy) is 3. The van der Waals surface area contributed by atoms with Crippen LogP contribution in [0, 0.1) is 6.92 Å². The quantitative estimate of drug-likeness (QED) is 0.657. The van der Waals surface area contributed by atoms with Crippen molar-refractivity contribution >= 4 is 21.9 Å². The average Bonchev–Trinajstić information content (AvgIpc) is 2.71. The van der Waals surface area contributed by atoms with Gasteiger partial charge in [0.25, 0.3) is 5.91 Å². The molecule has 160 valence electrons. The summed E-state index contributed by atoms with van der Waals surface area (Å²) in [7, 11) is -3.98. The lowest BCUT2D eigenvalue weighted by atomic mass is 10.1. The van der Waals surface area contributed by atoms with Crippen LogP contribution in [0.1, 0.15) is 34.5 Å². The highest BCUT2D eigenvalue weighted by atomic mass is 32.2. The molecule has 0 saturated heterocycles. The molecule has 2 aromatic rings. The molecule has 1 aliphatic heterocycles. The number of fused-ring (bicyclic) bond motifs is 1. The number of carbonyl (C=O) groups is 2. The smallest absolute Gasteiger partial charge is 0.338 e. The predicted molar refractivity (Wildman–Crippen MR) is 107 cm³/mol. The maximum Gasteiger partial charge on any atom is 0.338 e. The van der Waals surface area contributed by atoms with Crippen LogP contribution in [0.5, 0.6) is 11.5 Å². The van der Waals surface area contributed by atoms with E-state index in [0.717, 1.165) is 11.6 Å². The number of primary sulfonamides is 1. The molecular weight excluding hydrogens is 412 g/mol. The van der Waals surface area contributed by atoms with Crippen molar-refractivity contribution < 1.29 is 32.2 Å². The molecule has 0 saturated carbocycles. The van der Waals surface area contributed by atoms with Crippen LogP contribution in [0.25, 0.3) is 0 Å². The lowest BCUT2D eigenvalue weighted by Crippen LogP contribution is -2.31. The third-order valence-electron chi connectivity index (χ3n) is 4.51. The van der Waals surface area contributed by atoms with Gasteiger partial charge in [0.15, 0.2) is 18.1 Å². The lowest BCUT2D eigenvalue weighted by Gasteiger charge is -2.21. The Morgan fingerprint density at radius 2 is 1.83 bits per heavy atom. The molecule has 1 heterocycles. The zero-order valence-electron chi connectivity index (χ0n) is 16.5. The summed E-state index contributed by atoms with van der Waals surface area (Å²) in [6.45, 7) is 3.76. The first-order valence-corrected chi connectivity index (χ1v) is 10.7. The molecule has 0 bridgehead atoms. The summed E-state index contributed by atoms with van der Waals surface area (Å²) in [5.74, 6) is -0.0859. The first kappa shape index (κ1) is 21.6. The second kappa shape index (κ2) is 8.72. The number of nitrogens with one attached hydrogen (secondary N) is 1. The van der Waals surface area contributed by atoms with Gasteiger partial charge in [0, 0.05) is 0 Å². The number of aryl methyl sites for hydroxylation is 1. The van der Waals surface area contributed by atoms with Crippen LogP contribution in [0.15, 0.2) is 41.3 Å². The number of carbonyl (C=O) groups excluding carboxylic acids is 2. The Bertz CT molecular complexity index is 1080. The van der Waals surface area contributed by atoms with Crippen LogP contribution in [0.2, 0.25) is 0 Å². The lowest BCUT2D eigenvalue weighted by molar-refractivity contribution is -0.124. The van der Waals surface area contributed by atoms with E-state index in [2.05, 4.69) is 5.32 Å². The van der Waals surface area contributed by atoms with Crippen molar-refractivity contribution in [3.8, 4) is 11.5 Å². The molecule has 2 aromatic carbocycles. The van der Waals surface area contributed by atoms with Gasteiger partial charge in [-0.2, -0.15) is 0 Å². The van der Waals surface area contributed by atoms with Gasteiger partial charge in [-0.25, -0.2) is 18.4 Å². The Balaban J connectivity index is 1.58. The monoisotopic (exact) mass is 434 g/mol. The van der Waals surface area contributed by atoms with E-state index in [-0.39, 0.29) is 16.5 Å². The molecule has 0 fully saturated rings. The molecule has 1 atom stereocenters. The minimum atomic E-state index is -3.98. The van der Waals surface area contributed by atoms with Gasteiger partial charge in [-0.1, -0.05) is 12.1 Å². The van der Waals surface area contributed by atoms with E-state index in [0.29, 0.717) is 30.3 Å². The Labute approximate surface area is 174 Å². The topological polar surface area (TPSA) is 134 Å². The van der Waals surface area contributed by atoms with E-state index in [9.17, 15) is 18.0 Å². The highest BCUT2D eigenvalue weighted by molar-refractivity contribution is 7.89. The second-order valence-electron chi connectivity index (χ2n) is 6.79. The van der Waals surface area contributed by atoms with Crippen LogP contribution in [-0.2, 0) is 19.6 Å². The van der Waals surface area contributed by atoms with E-state index < -0.39 is 28.5 Å². The van der Waals surface area contributed by atoms with E-state index in [1.54, 1.807) is 26.0 Å². The maximum absolute atomic E-state index is 12.2. The second-order valence-corrected chi connectivity index (χ2v) is 8.32. The molecule has 0 spiro atoms. The average molecular weight is 434 g/mol. The number of rotatable bonds is 6. The Hall–Kier alpha value is -3.11. The van der Waals surface area contributed by atoms with Crippen molar-refractivity contribution in [1.82, 2.24) is 5.32 Å². The summed E-state index contributed by atoms with van der Waals surface area (Å²) in [4.78, 5) is 24.2. The van der Waals surface area contributed by atoms with Gasteiger partial charge >= 0.3 is 5.97 Å². The normalized spacial score (nSPS) is 14.0. The minimum absolute atomic E-state index is 0.0164. The molecule has 1 amide bonds. The van der Waals surface area contributed by atoms with Gasteiger partial charge in [-0.15, -0.1) is 0 Å².